The van der Waals surface area contributed by atoms with Crippen LogP contribution in [0.25, 0.3) is 22.8 Å². The lowest BCUT2D eigenvalue weighted by Crippen LogP contribution is -2.24. The Balaban J connectivity index is 1.36. The Hall–Kier alpha value is -3.21. The number of carbonyl (C=O) groups is 1. The molecule has 0 radical (unpaired) electrons. The lowest BCUT2D eigenvalue weighted by atomic mass is 9.97. The van der Waals surface area contributed by atoms with E-state index in [1.54, 1.807) is 12.1 Å². The summed E-state index contributed by atoms with van der Waals surface area (Å²) in [5, 5.41) is 7.03. The second-order valence-corrected chi connectivity index (χ2v) is 6.98. The number of nitrogens with zero attached hydrogens (tertiary/aromatic N) is 2. The van der Waals surface area contributed by atoms with Crippen molar-refractivity contribution in [3.63, 3.8) is 0 Å². The lowest BCUT2D eigenvalue weighted by molar-refractivity contribution is 0.0954. The molecule has 1 aliphatic carbocycles. The van der Waals surface area contributed by atoms with Gasteiger partial charge in [-0.25, -0.2) is 0 Å². The van der Waals surface area contributed by atoms with Crippen LogP contribution in [0.3, 0.4) is 0 Å². The van der Waals surface area contributed by atoms with E-state index in [-0.39, 0.29) is 5.91 Å². The van der Waals surface area contributed by atoms with Crippen LogP contribution in [0, 0.1) is 0 Å². The molecule has 0 saturated carbocycles. The molecule has 3 aromatic rings. The summed E-state index contributed by atoms with van der Waals surface area (Å²) >= 11 is 0. The summed E-state index contributed by atoms with van der Waals surface area (Å²) in [6.45, 7) is 0.677. The Morgan fingerprint density at radius 2 is 1.82 bits per heavy atom. The number of rotatable bonds is 6. The molecule has 1 N–H and O–H groups in total. The van der Waals surface area contributed by atoms with Crippen LogP contribution in [0.5, 0.6) is 0 Å². The Labute approximate surface area is 164 Å². The second kappa shape index (κ2) is 8.65. The van der Waals surface area contributed by atoms with Crippen molar-refractivity contribution in [3.8, 4) is 22.8 Å². The van der Waals surface area contributed by atoms with Gasteiger partial charge in [0.2, 0.25) is 5.82 Å². The highest BCUT2D eigenvalue weighted by molar-refractivity contribution is 5.94. The molecule has 1 aromatic heterocycles. The van der Waals surface area contributed by atoms with Crippen molar-refractivity contribution in [2.24, 2.45) is 0 Å². The van der Waals surface area contributed by atoms with Crippen LogP contribution in [-0.4, -0.2) is 22.6 Å². The molecular weight excluding hydrogens is 350 g/mol. The van der Waals surface area contributed by atoms with Crippen molar-refractivity contribution in [2.75, 3.05) is 6.54 Å². The van der Waals surface area contributed by atoms with Crippen LogP contribution in [-0.2, 0) is 0 Å². The van der Waals surface area contributed by atoms with Gasteiger partial charge in [-0.1, -0.05) is 47.1 Å². The molecule has 0 spiro atoms. The lowest BCUT2D eigenvalue weighted by Gasteiger charge is -2.13. The first-order valence-electron chi connectivity index (χ1n) is 9.75. The topological polar surface area (TPSA) is 68.0 Å². The zero-order valence-electron chi connectivity index (χ0n) is 15.7. The van der Waals surface area contributed by atoms with Crippen molar-refractivity contribution in [3.05, 3.63) is 71.8 Å². The Morgan fingerprint density at radius 3 is 2.57 bits per heavy atom. The summed E-state index contributed by atoms with van der Waals surface area (Å²) in [6, 6.07) is 16.9. The maximum absolute atomic E-state index is 12.3. The second-order valence-electron chi connectivity index (χ2n) is 6.98. The number of allylic oxidation sites excluding steroid dienone is 1. The molecule has 4 rings (SSSR count). The predicted molar refractivity (Wildman–Crippen MR) is 109 cm³/mol. The van der Waals surface area contributed by atoms with Gasteiger partial charge in [-0.3, -0.25) is 4.79 Å². The van der Waals surface area contributed by atoms with E-state index < -0.39 is 0 Å². The SMILES string of the molecule is O=C(NCCC1=CCCCC1)c1ccc(-c2nc(-c3ccccc3)no2)cc1. The third-order valence-corrected chi connectivity index (χ3v) is 4.97. The van der Waals surface area contributed by atoms with Crippen LogP contribution < -0.4 is 5.32 Å². The van der Waals surface area contributed by atoms with E-state index in [2.05, 4.69) is 21.5 Å². The molecule has 0 saturated heterocycles. The normalized spacial score (nSPS) is 13.8. The highest BCUT2D eigenvalue weighted by Gasteiger charge is 2.12. The maximum Gasteiger partial charge on any atom is 0.258 e. The summed E-state index contributed by atoms with van der Waals surface area (Å²) in [6.07, 6.45) is 8.15. The van der Waals surface area contributed by atoms with Crippen LogP contribution in [0.1, 0.15) is 42.5 Å². The number of carbonyl (C=O) groups excluding carboxylic acids is 1. The molecule has 5 nitrogen and oxygen atoms in total. The zero-order valence-corrected chi connectivity index (χ0v) is 15.7. The fraction of sp³-hybridized carbons (Fsp3) is 0.261. The molecule has 142 valence electrons. The third kappa shape index (κ3) is 4.36. The maximum atomic E-state index is 12.3. The van der Waals surface area contributed by atoms with Crippen molar-refractivity contribution < 1.29 is 9.32 Å². The molecule has 0 atom stereocenters. The van der Waals surface area contributed by atoms with E-state index in [1.165, 1.54) is 31.3 Å². The van der Waals surface area contributed by atoms with Gasteiger partial charge in [0, 0.05) is 23.2 Å². The van der Waals surface area contributed by atoms with E-state index in [1.807, 2.05) is 42.5 Å². The monoisotopic (exact) mass is 373 g/mol. The minimum Gasteiger partial charge on any atom is -0.352 e. The van der Waals surface area contributed by atoms with E-state index in [0.29, 0.717) is 23.8 Å². The highest BCUT2D eigenvalue weighted by Crippen LogP contribution is 2.22. The fourth-order valence-electron chi connectivity index (χ4n) is 3.38. The van der Waals surface area contributed by atoms with Crippen LogP contribution in [0.15, 0.2) is 70.8 Å². The van der Waals surface area contributed by atoms with Crippen LogP contribution in [0.4, 0.5) is 0 Å². The first kappa shape index (κ1) is 18.2. The number of aromatic nitrogens is 2. The van der Waals surface area contributed by atoms with Gasteiger partial charge in [-0.05, 0) is 56.4 Å². The molecule has 0 bridgehead atoms. The summed E-state index contributed by atoms with van der Waals surface area (Å²) in [5.41, 5.74) is 3.79. The quantitative estimate of drug-likeness (QED) is 0.616. The minimum atomic E-state index is -0.0570. The van der Waals surface area contributed by atoms with Gasteiger partial charge < -0.3 is 9.84 Å². The van der Waals surface area contributed by atoms with E-state index in [9.17, 15) is 4.79 Å². The average molecular weight is 373 g/mol. The predicted octanol–water partition coefficient (Wildman–Crippen LogP) is 5.02. The van der Waals surface area contributed by atoms with Gasteiger partial charge in [0.1, 0.15) is 0 Å². The Bertz CT molecular complexity index is 959. The summed E-state index contributed by atoms with van der Waals surface area (Å²) in [5.74, 6) is 0.933. The molecule has 1 amide bonds. The molecule has 28 heavy (non-hydrogen) atoms. The first-order chi connectivity index (χ1) is 13.8. The van der Waals surface area contributed by atoms with Gasteiger partial charge in [-0.2, -0.15) is 4.98 Å². The van der Waals surface area contributed by atoms with Gasteiger partial charge in [0.05, 0.1) is 0 Å². The van der Waals surface area contributed by atoms with E-state index in [4.69, 9.17) is 4.52 Å². The van der Waals surface area contributed by atoms with Crippen molar-refractivity contribution in [1.29, 1.82) is 0 Å². The van der Waals surface area contributed by atoms with Crippen molar-refractivity contribution in [1.82, 2.24) is 15.5 Å². The number of amides is 1. The largest absolute Gasteiger partial charge is 0.352 e. The first-order valence-corrected chi connectivity index (χ1v) is 9.75. The van der Waals surface area contributed by atoms with Gasteiger partial charge in [-0.15, -0.1) is 0 Å². The Kier molecular flexibility index (Phi) is 5.61. The van der Waals surface area contributed by atoms with E-state index in [0.717, 1.165) is 17.5 Å². The number of hydrogen-bond donors (Lipinski definition) is 1. The average Bonchev–Trinajstić information content (AvgIpc) is 3.25. The standard InChI is InChI=1S/C23H23N3O2/c27-22(24-16-15-17-7-3-1-4-8-17)19-11-13-20(14-12-19)23-25-21(26-28-23)18-9-5-2-6-10-18/h2,5-7,9-14H,1,3-4,8,15-16H2,(H,24,27). The Morgan fingerprint density at radius 1 is 1.00 bits per heavy atom. The summed E-state index contributed by atoms with van der Waals surface area (Å²) in [7, 11) is 0. The molecular formula is C23H23N3O2. The van der Waals surface area contributed by atoms with Crippen LogP contribution >= 0.6 is 0 Å². The number of hydrogen-bond acceptors (Lipinski definition) is 4. The molecule has 2 aromatic carbocycles. The molecule has 0 aliphatic heterocycles. The number of benzene rings is 2. The van der Waals surface area contributed by atoms with Gasteiger partial charge in [0.25, 0.3) is 11.8 Å². The molecule has 0 unspecified atom stereocenters. The molecule has 1 aliphatic rings. The fourth-order valence-corrected chi connectivity index (χ4v) is 3.38. The van der Waals surface area contributed by atoms with Crippen LogP contribution in [0.2, 0.25) is 0 Å². The smallest absolute Gasteiger partial charge is 0.258 e. The summed E-state index contributed by atoms with van der Waals surface area (Å²) in [4.78, 5) is 16.8. The summed E-state index contributed by atoms with van der Waals surface area (Å²) < 4.78 is 5.37. The third-order valence-electron chi connectivity index (χ3n) is 4.97. The zero-order chi connectivity index (χ0) is 19.2. The number of nitrogens with one attached hydrogen (secondary N) is 1. The molecule has 5 heteroatoms. The highest BCUT2D eigenvalue weighted by atomic mass is 16.5. The molecule has 0 fully saturated rings. The van der Waals surface area contributed by atoms with E-state index >= 15 is 0 Å². The van der Waals surface area contributed by atoms with Crippen molar-refractivity contribution >= 4 is 5.91 Å². The van der Waals surface area contributed by atoms with Gasteiger partial charge >= 0.3 is 0 Å². The molecule has 1 heterocycles. The minimum absolute atomic E-state index is 0.0570. The van der Waals surface area contributed by atoms with Gasteiger partial charge in [0.15, 0.2) is 0 Å². The van der Waals surface area contributed by atoms with Crippen molar-refractivity contribution in [2.45, 2.75) is 32.1 Å².